The molecule has 186 valence electrons. The molecule has 0 saturated carbocycles. The van der Waals surface area contributed by atoms with Gasteiger partial charge in [-0.2, -0.15) is 4.98 Å². The number of unbranched alkanes of at least 4 members (excludes halogenated alkanes) is 1. The first-order chi connectivity index (χ1) is 15.3. The number of nitrogens with zero attached hydrogens (tertiary/aromatic N) is 2. The summed E-state index contributed by atoms with van der Waals surface area (Å²) < 4.78 is 5.53. The summed E-state index contributed by atoms with van der Waals surface area (Å²) in [5.41, 5.74) is 15.4. The zero-order valence-electron chi connectivity index (χ0n) is 22.3. The third kappa shape index (κ3) is 12.7. The minimum Gasteiger partial charge on any atom is -0.477 e. The maximum Gasteiger partial charge on any atom is 0.236 e. The zero-order valence-corrected chi connectivity index (χ0v) is 23.1. The van der Waals surface area contributed by atoms with Crippen LogP contribution in [0.15, 0.2) is 36.0 Å². The Hall–Kier alpha value is -2.14. The van der Waals surface area contributed by atoms with E-state index in [1.54, 1.807) is 0 Å². The lowest BCUT2D eigenvalue weighted by Gasteiger charge is -2.28. The van der Waals surface area contributed by atoms with Gasteiger partial charge in [0.25, 0.3) is 0 Å². The number of rotatable bonds is 10. The molecular weight excluding hydrogens is 420 g/mol. The van der Waals surface area contributed by atoms with E-state index in [0.717, 1.165) is 30.5 Å². The van der Waals surface area contributed by atoms with Gasteiger partial charge in [0.1, 0.15) is 5.02 Å². The van der Waals surface area contributed by atoms with Crippen molar-refractivity contribution in [3.05, 3.63) is 41.0 Å². The number of ether oxygens (including phenoxy) is 1. The van der Waals surface area contributed by atoms with Crippen molar-refractivity contribution in [1.29, 1.82) is 0 Å². The normalized spacial score (nSPS) is 10.2. The van der Waals surface area contributed by atoms with Crippen LogP contribution in [0.25, 0.3) is 0 Å². The Morgan fingerprint density at radius 2 is 1.66 bits per heavy atom. The molecular formula is C26H49ClN4O. The van der Waals surface area contributed by atoms with Crippen LogP contribution in [0.4, 0.5) is 17.2 Å². The summed E-state index contributed by atoms with van der Waals surface area (Å²) in [7, 11) is 0. The highest BCUT2D eigenvalue weighted by Gasteiger charge is 2.21. The molecule has 0 bridgehead atoms. The molecule has 0 aliphatic heterocycles. The lowest BCUT2D eigenvalue weighted by atomic mass is 10.1. The van der Waals surface area contributed by atoms with Gasteiger partial charge in [-0.15, -0.1) is 0 Å². The number of nitrogens with two attached hydrogens (primary N) is 2. The summed E-state index contributed by atoms with van der Waals surface area (Å²) in [5, 5.41) is 0.397. The molecule has 1 rings (SSSR count). The Labute approximate surface area is 203 Å². The molecule has 0 aromatic carbocycles. The van der Waals surface area contributed by atoms with Gasteiger partial charge in [-0.1, -0.05) is 96.9 Å². The molecule has 6 heteroatoms. The van der Waals surface area contributed by atoms with Crippen molar-refractivity contribution in [2.24, 2.45) is 0 Å². The lowest BCUT2D eigenvalue weighted by Crippen LogP contribution is -2.28. The standard InChI is InChI=1S/C20H31ClN4O.3C2H6/c1-6-9-12-25(13-15(7-2)11-10-14(4)5)18-16(21)20(26-8-3)24-19(23)17(18)22;3*1-2/h7,10-11H,4,6,8-9,12-13,22H2,1-3,5H3,(H2,23,24);3*1-2H3/b11-10-,15-7+;;;. The van der Waals surface area contributed by atoms with Gasteiger partial charge in [-0.25, -0.2) is 0 Å². The summed E-state index contributed by atoms with van der Waals surface area (Å²) in [6, 6.07) is 0. The van der Waals surface area contributed by atoms with Crippen molar-refractivity contribution in [3.8, 4) is 5.88 Å². The van der Waals surface area contributed by atoms with Gasteiger partial charge in [-0.05, 0) is 32.8 Å². The molecule has 1 aromatic heterocycles. The van der Waals surface area contributed by atoms with Crippen LogP contribution < -0.4 is 21.1 Å². The minimum absolute atomic E-state index is 0.230. The van der Waals surface area contributed by atoms with Gasteiger partial charge in [0, 0.05) is 13.1 Å². The van der Waals surface area contributed by atoms with E-state index in [-0.39, 0.29) is 5.82 Å². The van der Waals surface area contributed by atoms with Gasteiger partial charge in [0.2, 0.25) is 5.88 Å². The quantitative estimate of drug-likeness (QED) is 0.339. The molecule has 5 nitrogen and oxygen atoms in total. The highest BCUT2D eigenvalue weighted by atomic mass is 35.5. The van der Waals surface area contributed by atoms with Crippen LogP contribution in [-0.2, 0) is 0 Å². The fourth-order valence-corrected chi connectivity index (χ4v) is 2.75. The topological polar surface area (TPSA) is 77.4 Å². The first kappa shape index (κ1) is 34.5. The van der Waals surface area contributed by atoms with Crippen LogP contribution in [0.3, 0.4) is 0 Å². The molecule has 0 aliphatic carbocycles. The van der Waals surface area contributed by atoms with Gasteiger partial charge in [0.05, 0.1) is 18.0 Å². The van der Waals surface area contributed by atoms with E-state index in [9.17, 15) is 0 Å². The molecule has 0 atom stereocenters. The number of nitrogen functional groups attached to an aromatic ring is 2. The third-order valence-corrected chi connectivity index (χ3v) is 4.19. The zero-order chi connectivity index (χ0) is 25.7. The van der Waals surface area contributed by atoms with Crippen LogP contribution in [0.2, 0.25) is 5.02 Å². The van der Waals surface area contributed by atoms with E-state index in [1.165, 1.54) is 0 Å². The molecule has 0 spiro atoms. The molecule has 0 saturated heterocycles. The smallest absolute Gasteiger partial charge is 0.236 e. The first-order valence-electron chi connectivity index (χ1n) is 12.0. The van der Waals surface area contributed by atoms with E-state index in [4.69, 9.17) is 27.8 Å². The summed E-state index contributed by atoms with van der Waals surface area (Å²) in [6.07, 6.45) is 8.17. The van der Waals surface area contributed by atoms with Crippen LogP contribution in [-0.4, -0.2) is 24.7 Å². The fraction of sp³-hybridized carbons (Fsp3) is 0.577. The maximum absolute atomic E-state index is 6.58. The second-order valence-corrected chi connectivity index (χ2v) is 6.51. The fourth-order valence-electron chi connectivity index (χ4n) is 2.43. The molecule has 0 radical (unpaired) electrons. The molecule has 0 unspecified atom stereocenters. The van der Waals surface area contributed by atoms with Gasteiger partial charge < -0.3 is 21.1 Å². The van der Waals surface area contributed by atoms with Crippen molar-refractivity contribution in [2.45, 2.75) is 82.1 Å². The highest BCUT2D eigenvalue weighted by Crippen LogP contribution is 2.41. The Morgan fingerprint density at radius 3 is 2.09 bits per heavy atom. The van der Waals surface area contributed by atoms with Crippen LogP contribution in [0, 0.1) is 0 Å². The third-order valence-electron chi connectivity index (χ3n) is 3.85. The monoisotopic (exact) mass is 468 g/mol. The molecule has 0 fully saturated rings. The molecule has 32 heavy (non-hydrogen) atoms. The molecule has 0 aliphatic rings. The van der Waals surface area contributed by atoms with E-state index in [0.29, 0.717) is 35.4 Å². The largest absolute Gasteiger partial charge is 0.477 e. The number of anilines is 3. The van der Waals surface area contributed by atoms with Crippen LogP contribution in [0.1, 0.15) is 82.1 Å². The van der Waals surface area contributed by atoms with Crippen molar-refractivity contribution in [2.75, 3.05) is 36.1 Å². The minimum atomic E-state index is 0.230. The predicted molar refractivity (Wildman–Crippen MR) is 148 cm³/mol. The number of aromatic nitrogens is 1. The molecule has 1 heterocycles. The SMILES string of the molecule is C=C(C)/C=C\C(=C/C)CN(CCCC)c1c(N)c(N)nc(OCC)c1Cl.CC.CC.CC. The highest BCUT2D eigenvalue weighted by molar-refractivity contribution is 6.35. The van der Waals surface area contributed by atoms with Crippen molar-refractivity contribution >= 4 is 28.8 Å². The van der Waals surface area contributed by atoms with Crippen LogP contribution >= 0.6 is 11.6 Å². The average Bonchev–Trinajstić information content (AvgIpc) is 2.82. The number of hydrogen-bond acceptors (Lipinski definition) is 5. The summed E-state index contributed by atoms with van der Waals surface area (Å²) >= 11 is 6.58. The Kier molecular flexibility index (Phi) is 23.8. The van der Waals surface area contributed by atoms with Crippen molar-refractivity contribution in [1.82, 2.24) is 4.98 Å². The van der Waals surface area contributed by atoms with E-state index < -0.39 is 0 Å². The summed E-state index contributed by atoms with van der Waals surface area (Å²) in [5.74, 6) is 0.547. The lowest BCUT2D eigenvalue weighted by molar-refractivity contribution is 0.328. The number of allylic oxidation sites excluding steroid dienone is 3. The van der Waals surface area contributed by atoms with Gasteiger partial charge in [0.15, 0.2) is 5.82 Å². The van der Waals surface area contributed by atoms with E-state index in [1.807, 2.05) is 68.4 Å². The second-order valence-electron chi connectivity index (χ2n) is 6.13. The van der Waals surface area contributed by atoms with Crippen LogP contribution in [0.5, 0.6) is 5.88 Å². The average molecular weight is 469 g/mol. The van der Waals surface area contributed by atoms with Crippen molar-refractivity contribution in [3.63, 3.8) is 0 Å². The summed E-state index contributed by atoms with van der Waals surface area (Å²) in [4.78, 5) is 6.31. The Balaban J connectivity index is -0.00000129. The second kappa shape index (κ2) is 22.1. The van der Waals surface area contributed by atoms with Crippen molar-refractivity contribution < 1.29 is 4.74 Å². The van der Waals surface area contributed by atoms with E-state index in [2.05, 4.69) is 35.5 Å². The maximum atomic E-state index is 6.58. The molecule has 1 aromatic rings. The predicted octanol–water partition coefficient (Wildman–Crippen LogP) is 8.06. The Bertz CT molecular complexity index is 685. The van der Waals surface area contributed by atoms with Gasteiger partial charge >= 0.3 is 0 Å². The molecule has 0 amide bonds. The molecule has 4 N–H and O–H groups in total. The number of halogens is 1. The number of pyridine rings is 1. The summed E-state index contributed by atoms with van der Waals surface area (Å²) in [6.45, 7) is 25.8. The number of hydrogen-bond donors (Lipinski definition) is 2. The Morgan fingerprint density at radius 1 is 1.09 bits per heavy atom. The van der Waals surface area contributed by atoms with Gasteiger partial charge in [-0.3, -0.25) is 0 Å². The van der Waals surface area contributed by atoms with E-state index >= 15 is 0 Å². The first-order valence-corrected chi connectivity index (χ1v) is 12.3.